The van der Waals surface area contributed by atoms with Crippen LogP contribution in [-0.2, 0) is 0 Å². The van der Waals surface area contributed by atoms with Crippen LogP contribution in [0.4, 0.5) is 17.2 Å². The molecule has 0 spiro atoms. The number of rotatable bonds is 3. The van der Waals surface area contributed by atoms with Crippen molar-refractivity contribution in [1.82, 2.24) is 4.98 Å². The number of nitrogen functional groups attached to an aromatic ring is 1. The lowest BCUT2D eigenvalue weighted by atomic mass is 10.2. The van der Waals surface area contributed by atoms with Crippen molar-refractivity contribution in [3.8, 4) is 6.07 Å². The number of nitrogens with two attached hydrogens (primary N) is 1. The van der Waals surface area contributed by atoms with E-state index < -0.39 is 5.97 Å². The van der Waals surface area contributed by atoms with Gasteiger partial charge in [0.1, 0.15) is 11.4 Å². The van der Waals surface area contributed by atoms with Crippen molar-refractivity contribution in [3.05, 3.63) is 47.7 Å². The summed E-state index contributed by atoms with van der Waals surface area (Å²) in [6.45, 7) is 0. The molecule has 100 valence electrons. The summed E-state index contributed by atoms with van der Waals surface area (Å²) in [6.07, 6.45) is 1.40. The van der Waals surface area contributed by atoms with E-state index in [9.17, 15) is 9.90 Å². The van der Waals surface area contributed by atoms with Gasteiger partial charge in [-0.3, -0.25) is 0 Å². The molecule has 0 saturated carbocycles. The third-order valence-corrected chi connectivity index (χ3v) is 2.82. The first kappa shape index (κ1) is 13.4. The third-order valence-electron chi connectivity index (χ3n) is 2.82. The summed E-state index contributed by atoms with van der Waals surface area (Å²) < 4.78 is 0. The molecule has 0 amide bonds. The number of anilines is 3. The molecule has 1 heterocycles. The van der Waals surface area contributed by atoms with Crippen LogP contribution >= 0.6 is 0 Å². The summed E-state index contributed by atoms with van der Waals surface area (Å²) >= 11 is 0. The molecule has 2 rings (SSSR count). The molecule has 1 aromatic carbocycles. The standard InChI is InChI=1S/C14H12N4O2/c1-18(11-4-2-9(7-15)3-5-11)13-12(14(19)20)6-10(16)8-17-13/h2-6,8H,16H2,1H3,(H,19,20). The topological polar surface area (TPSA) is 103 Å². The number of benzene rings is 1. The molecular weight excluding hydrogens is 256 g/mol. The van der Waals surface area contributed by atoms with Crippen molar-refractivity contribution in [2.24, 2.45) is 0 Å². The monoisotopic (exact) mass is 268 g/mol. The maximum Gasteiger partial charge on any atom is 0.339 e. The molecule has 6 heteroatoms. The van der Waals surface area contributed by atoms with E-state index in [0.29, 0.717) is 11.3 Å². The Labute approximate surface area is 115 Å². The minimum absolute atomic E-state index is 0.0249. The highest BCUT2D eigenvalue weighted by atomic mass is 16.4. The van der Waals surface area contributed by atoms with Crippen LogP contribution in [-0.4, -0.2) is 23.1 Å². The summed E-state index contributed by atoms with van der Waals surface area (Å²) in [5.41, 5.74) is 7.14. The van der Waals surface area contributed by atoms with E-state index in [2.05, 4.69) is 4.98 Å². The number of nitrogens with zero attached hydrogens (tertiary/aromatic N) is 3. The Bertz CT molecular complexity index is 689. The molecule has 1 aromatic heterocycles. The minimum Gasteiger partial charge on any atom is -0.478 e. The van der Waals surface area contributed by atoms with Gasteiger partial charge in [0.2, 0.25) is 0 Å². The highest BCUT2D eigenvalue weighted by Gasteiger charge is 2.16. The van der Waals surface area contributed by atoms with Crippen LogP contribution in [0.5, 0.6) is 0 Å². The van der Waals surface area contributed by atoms with Crippen LogP contribution in [0, 0.1) is 11.3 Å². The molecule has 0 aliphatic carbocycles. The highest BCUT2D eigenvalue weighted by molar-refractivity contribution is 5.95. The lowest BCUT2D eigenvalue weighted by molar-refractivity contribution is 0.0697. The average molecular weight is 268 g/mol. The molecule has 0 fully saturated rings. The van der Waals surface area contributed by atoms with Crippen LogP contribution in [0.3, 0.4) is 0 Å². The van der Waals surface area contributed by atoms with Gasteiger partial charge >= 0.3 is 5.97 Å². The van der Waals surface area contributed by atoms with Crippen molar-refractivity contribution < 1.29 is 9.90 Å². The second-order valence-corrected chi connectivity index (χ2v) is 4.16. The molecule has 20 heavy (non-hydrogen) atoms. The number of aromatic nitrogens is 1. The zero-order chi connectivity index (χ0) is 14.7. The Kier molecular flexibility index (Phi) is 3.53. The van der Waals surface area contributed by atoms with Gasteiger partial charge in [-0.15, -0.1) is 0 Å². The predicted octanol–water partition coefficient (Wildman–Crippen LogP) is 2.00. The molecule has 0 radical (unpaired) electrons. The summed E-state index contributed by atoms with van der Waals surface area (Å²) in [6, 6.07) is 10.2. The van der Waals surface area contributed by atoms with Crippen molar-refractivity contribution in [1.29, 1.82) is 5.26 Å². The van der Waals surface area contributed by atoms with Gasteiger partial charge in [0.15, 0.2) is 0 Å². The van der Waals surface area contributed by atoms with Gasteiger partial charge < -0.3 is 15.7 Å². The first-order valence-electron chi connectivity index (χ1n) is 5.75. The fourth-order valence-electron chi connectivity index (χ4n) is 1.78. The van der Waals surface area contributed by atoms with Gasteiger partial charge in [0.05, 0.1) is 23.5 Å². The van der Waals surface area contributed by atoms with E-state index in [1.807, 2.05) is 6.07 Å². The Balaban J connectivity index is 2.44. The number of carboxylic acids is 1. The number of hydrogen-bond acceptors (Lipinski definition) is 5. The average Bonchev–Trinajstić information content (AvgIpc) is 2.46. The molecule has 0 unspecified atom stereocenters. The minimum atomic E-state index is -1.10. The van der Waals surface area contributed by atoms with Crippen LogP contribution in [0.15, 0.2) is 36.5 Å². The van der Waals surface area contributed by atoms with Crippen LogP contribution in [0.25, 0.3) is 0 Å². The molecule has 0 atom stereocenters. The van der Waals surface area contributed by atoms with Gasteiger partial charge in [0, 0.05) is 12.7 Å². The van der Waals surface area contributed by atoms with Gasteiger partial charge in [-0.25, -0.2) is 9.78 Å². The molecular formula is C14H12N4O2. The molecule has 2 aromatic rings. The number of carboxylic acid groups (broad SMARTS) is 1. The second-order valence-electron chi connectivity index (χ2n) is 4.16. The molecule has 0 aliphatic heterocycles. The fourth-order valence-corrected chi connectivity index (χ4v) is 1.78. The van der Waals surface area contributed by atoms with Crippen molar-refractivity contribution in [2.45, 2.75) is 0 Å². The first-order chi connectivity index (χ1) is 9.52. The molecule has 3 N–H and O–H groups in total. The zero-order valence-corrected chi connectivity index (χ0v) is 10.7. The quantitative estimate of drug-likeness (QED) is 0.882. The van der Waals surface area contributed by atoms with Crippen molar-refractivity contribution in [2.75, 3.05) is 17.7 Å². The van der Waals surface area contributed by atoms with E-state index in [1.165, 1.54) is 12.3 Å². The lowest BCUT2D eigenvalue weighted by Crippen LogP contribution is -2.16. The number of aromatic carboxylic acids is 1. The van der Waals surface area contributed by atoms with Gasteiger partial charge in [-0.05, 0) is 30.3 Å². The van der Waals surface area contributed by atoms with E-state index in [4.69, 9.17) is 11.0 Å². The van der Waals surface area contributed by atoms with Crippen molar-refractivity contribution >= 4 is 23.2 Å². The number of hydrogen-bond donors (Lipinski definition) is 2. The van der Waals surface area contributed by atoms with Gasteiger partial charge in [-0.1, -0.05) is 0 Å². The highest BCUT2D eigenvalue weighted by Crippen LogP contribution is 2.26. The first-order valence-corrected chi connectivity index (χ1v) is 5.75. The predicted molar refractivity (Wildman–Crippen MR) is 74.8 cm³/mol. The van der Waals surface area contributed by atoms with Crippen LogP contribution in [0.1, 0.15) is 15.9 Å². The summed E-state index contributed by atoms with van der Waals surface area (Å²) in [4.78, 5) is 16.9. The third kappa shape index (κ3) is 2.52. The van der Waals surface area contributed by atoms with E-state index in [-0.39, 0.29) is 11.4 Å². The maximum atomic E-state index is 11.2. The molecule has 0 aliphatic rings. The van der Waals surface area contributed by atoms with E-state index >= 15 is 0 Å². The van der Waals surface area contributed by atoms with Crippen LogP contribution in [0.2, 0.25) is 0 Å². The molecule has 6 nitrogen and oxygen atoms in total. The Morgan fingerprint density at radius 1 is 1.40 bits per heavy atom. The number of nitriles is 1. The van der Waals surface area contributed by atoms with Crippen molar-refractivity contribution in [3.63, 3.8) is 0 Å². The summed E-state index contributed by atoms with van der Waals surface area (Å²) in [7, 11) is 1.70. The zero-order valence-electron chi connectivity index (χ0n) is 10.7. The summed E-state index contributed by atoms with van der Waals surface area (Å²) in [5, 5.41) is 18.0. The maximum absolute atomic E-state index is 11.2. The van der Waals surface area contributed by atoms with Crippen LogP contribution < -0.4 is 10.6 Å². The lowest BCUT2D eigenvalue weighted by Gasteiger charge is -2.20. The number of carbonyl (C=O) groups is 1. The second kappa shape index (κ2) is 5.28. The van der Waals surface area contributed by atoms with Gasteiger partial charge in [0.25, 0.3) is 0 Å². The Morgan fingerprint density at radius 2 is 2.05 bits per heavy atom. The van der Waals surface area contributed by atoms with E-state index in [0.717, 1.165) is 5.69 Å². The Morgan fingerprint density at radius 3 is 2.60 bits per heavy atom. The number of pyridine rings is 1. The molecule has 0 bridgehead atoms. The van der Waals surface area contributed by atoms with E-state index in [1.54, 1.807) is 36.2 Å². The summed E-state index contributed by atoms with van der Waals surface area (Å²) in [5.74, 6) is -0.809. The van der Waals surface area contributed by atoms with Gasteiger partial charge in [-0.2, -0.15) is 5.26 Å². The largest absolute Gasteiger partial charge is 0.478 e. The Hall–Kier alpha value is -3.07. The fraction of sp³-hybridized carbons (Fsp3) is 0.0714. The SMILES string of the molecule is CN(c1ccc(C#N)cc1)c1ncc(N)cc1C(=O)O. The molecule has 0 saturated heterocycles. The normalized spacial score (nSPS) is 9.80. The smallest absolute Gasteiger partial charge is 0.339 e.